The van der Waals surface area contributed by atoms with E-state index in [2.05, 4.69) is 29.9 Å². The van der Waals surface area contributed by atoms with Gasteiger partial charge in [0, 0.05) is 29.8 Å². The van der Waals surface area contributed by atoms with Crippen molar-refractivity contribution >= 4 is 40.4 Å². The number of rotatable bonds is 8. The van der Waals surface area contributed by atoms with Crippen LogP contribution in [0.3, 0.4) is 0 Å². The van der Waals surface area contributed by atoms with Gasteiger partial charge in [-0.1, -0.05) is 17.7 Å². The number of alkyl halides is 2. The van der Waals surface area contributed by atoms with E-state index in [0.29, 0.717) is 10.7 Å². The Kier molecular flexibility index (Phi) is 6.56. The fourth-order valence-electron chi connectivity index (χ4n) is 3.17. The second kappa shape index (κ2) is 9.53. The smallest absolute Gasteiger partial charge is 0.243 e. The van der Waals surface area contributed by atoms with Gasteiger partial charge in [-0.15, -0.1) is 0 Å². The summed E-state index contributed by atoms with van der Waals surface area (Å²) in [5, 5.41) is 9.50. The number of fused-ring (bicyclic) bond motifs is 1. The van der Waals surface area contributed by atoms with Crippen molar-refractivity contribution in [1.82, 2.24) is 25.1 Å². The highest BCUT2D eigenvalue weighted by molar-refractivity contribution is 8.00. The number of anilines is 1. The maximum Gasteiger partial charge on any atom is 0.243 e. The van der Waals surface area contributed by atoms with Gasteiger partial charge in [0.25, 0.3) is 0 Å². The standard InChI is InChI=1S/C20H17ClF2N6O2S/c1-30-18-11(8-15(22)23)19(31-2)27-20(26-18)29-32-14-9-24-17-10(14)5-6-12(21)16(17)13-4-3-7-25-28-13/h3-7,9,15,24H,8H2,1-2H3,(H,26,27,29). The highest BCUT2D eigenvalue weighted by Crippen LogP contribution is 2.38. The van der Waals surface area contributed by atoms with Crippen molar-refractivity contribution in [3.8, 4) is 23.0 Å². The number of H-pyrrole nitrogens is 1. The average molecular weight is 479 g/mol. The predicted molar refractivity (Wildman–Crippen MR) is 119 cm³/mol. The van der Waals surface area contributed by atoms with Crippen molar-refractivity contribution < 1.29 is 18.3 Å². The van der Waals surface area contributed by atoms with E-state index in [-0.39, 0.29) is 23.3 Å². The molecule has 0 atom stereocenters. The lowest BCUT2D eigenvalue weighted by molar-refractivity contribution is 0.146. The van der Waals surface area contributed by atoms with E-state index in [1.54, 1.807) is 24.5 Å². The molecule has 0 spiro atoms. The normalized spacial score (nSPS) is 11.2. The van der Waals surface area contributed by atoms with E-state index in [4.69, 9.17) is 21.1 Å². The molecule has 0 aliphatic heterocycles. The van der Waals surface area contributed by atoms with E-state index in [0.717, 1.165) is 21.4 Å². The number of hydrogen-bond acceptors (Lipinski definition) is 8. The second-order valence-electron chi connectivity index (χ2n) is 6.45. The maximum absolute atomic E-state index is 12.9. The third-order valence-electron chi connectivity index (χ3n) is 4.52. The number of nitrogens with one attached hydrogen (secondary N) is 2. The van der Waals surface area contributed by atoms with Crippen LogP contribution in [0.25, 0.3) is 22.2 Å². The summed E-state index contributed by atoms with van der Waals surface area (Å²) >= 11 is 7.66. The number of hydrogen-bond donors (Lipinski definition) is 2. The zero-order valence-electron chi connectivity index (χ0n) is 16.9. The van der Waals surface area contributed by atoms with Gasteiger partial charge in [-0.25, -0.2) is 8.78 Å². The Morgan fingerprint density at radius 2 is 1.91 bits per heavy atom. The van der Waals surface area contributed by atoms with Crippen LogP contribution in [-0.4, -0.2) is 45.8 Å². The van der Waals surface area contributed by atoms with Gasteiger partial charge >= 0.3 is 0 Å². The van der Waals surface area contributed by atoms with Gasteiger partial charge in [0.15, 0.2) is 0 Å². The number of methoxy groups -OCH3 is 2. The molecule has 4 aromatic rings. The Hall–Kier alpha value is -3.18. The highest BCUT2D eigenvalue weighted by atomic mass is 35.5. The molecule has 0 bridgehead atoms. The Labute approximate surface area is 190 Å². The fourth-order valence-corrected chi connectivity index (χ4v) is 4.12. The zero-order valence-corrected chi connectivity index (χ0v) is 18.5. The molecule has 2 N–H and O–H groups in total. The van der Waals surface area contributed by atoms with E-state index in [9.17, 15) is 8.78 Å². The summed E-state index contributed by atoms with van der Waals surface area (Å²) in [6, 6.07) is 7.28. The first-order chi connectivity index (χ1) is 15.5. The van der Waals surface area contributed by atoms with Crippen molar-refractivity contribution in [2.45, 2.75) is 17.7 Å². The lowest BCUT2D eigenvalue weighted by atomic mass is 10.1. The molecular weight excluding hydrogens is 462 g/mol. The molecule has 166 valence electrons. The summed E-state index contributed by atoms with van der Waals surface area (Å²) in [7, 11) is 2.70. The number of nitrogens with zero attached hydrogens (tertiary/aromatic N) is 4. The van der Waals surface area contributed by atoms with Crippen LogP contribution in [-0.2, 0) is 6.42 Å². The second-order valence-corrected chi connectivity index (χ2v) is 7.71. The van der Waals surface area contributed by atoms with Crippen molar-refractivity contribution in [1.29, 1.82) is 0 Å². The molecule has 0 saturated heterocycles. The molecule has 0 radical (unpaired) electrons. The van der Waals surface area contributed by atoms with E-state index >= 15 is 0 Å². The summed E-state index contributed by atoms with van der Waals surface area (Å²) < 4.78 is 39.2. The summed E-state index contributed by atoms with van der Waals surface area (Å²) in [6.07, 6.45) is 0.231. The van der Waals surface area contributed by atoms with Crippen LogP contribution in [0.15, 0.2) is 41.6 Å². The van der Waals surface area contributed by atoms with Crippen molar-refractivity contribution in [3.63, 3.8) is 0 Å². The fraction of sp³-hybridized carbons (Fsp3) is 0.200. The quantitative estimate of drug-likeness (QED) is 0.341. The van der Waals surface area contributed by atoms with Gasteiger partial charge in [-0.3, -0.25) is 4.72 Å². The molecule has 0 aliphatic rings. The topological polar surface area (TPSA) is 97.8 Å². The molecule has 0 saturated carbocycles. The lowest BCUT2D eigenvalue weighted by Gasteiger charge is -2.13. The van der Waals surface area contributed by atoms with Gasteiger partial charge < -0.3 is 14.5 Å². The van der Waals surface area contributed by atoms with Crippen LogP contribution in [0.1, 0.15) is 5.56 Å². The largest absolute Gasteiger partial charge is 0.481 e. The number of benzene rings is 1. The van der Waals surface area contributed by atoms with Crippen LogP contribution in [0.2, 0.25) is 5.02 Å². The predicted octanol–water partition coefficient (Wildman–Crippen LogP) is 5.01. The molecular formula is C20H17ClF2N6O2S. The van der Waals surface area contributed by atoms with Gasteiger partial charge in [0.05, 0.1) is 40.9 Å². The first-order valence-electron chi connectivity index (χ1n) is 9.29. The summed E-state index contributed by atoms with van der Waals surface area (Å²) in [6.45, 7) is 0. The molecule has 12 heteroatoms. The summed E-state index contributed by atoms with van der Waals surface area (Å²) in [5.74, 6) is 0.200. The molecule has 8 nitrogen and oxygen atoms in total. The minimum Gasteiger partial charge on any atom is -0.481 e. The molecule has 0 unspecified atom stereocenters. The average Bonchev–Trinajstić information content (AvgIpc) is 3.21. The van der Waals surface area contributed by atoms with Crippen molar-refractivity contribution in [2.24, 2.45) is 0 Å². The van der Waals surface area contributed by atoms with Crippen LogP contribution >= 0.6 is 23.5 Å². The van der Waals surface area contributed by atoms with Gasteiger partial charge in [-0.05, 0) is 30.1 Å². The van der Waals surface area contributed by atoms with Gasteiger partial charge in [0.2, 0.25) is 24.1 Å². The Bertz CT molecular complexity index is 1220. The molecule has 3 aromatic heterocycles. The number of halogens is 3. The minimum atomic E-state index is -2.59. The Morgan fingerprint density at radius 1 is 1.16 bits per heavy atom. The summed E-state index contributed by atoms with van der Waals surface area (Å²) in [5.41, 5.74) is 2.28. The van der Waals surface area contributed by atoms with Crippen LogP contribution in [0.4, 0.5) is 14.7 Å². The molecule has 32 heavy (non-hydrogen) atoms. The first kappa shape index (κ1) is 22.0. The van der Waals surface area contributed by atoms with E-state index < -0.39 is 12.8 Å². The molecule has 0 aliphatic carbocycles. The van der Waals surface area contributed by atoms with Gasteiger partial charge in [-0.2, -0.15) is 20.2 Å². The SMILES string of the molecule is COc1nc(NSc2c[nH]c3c(-c4cccnn4)c(Cl)ccc23)nc(OC)c1CC(F)F. The highest BCUT2D eigenvalue weighted by Gasteiger charge is 2.21. The lowest BCUT2D eigenvalue weighted by Crippen LogP contribution is -2.08. The monoisotopic (exact) mass is 478 g/mol. The number of ether oxygens (including phenoxy) is 2. The summed E-state index contributed by atoms with van der Waals surface area (Å²) in [4.78, 5) is 12.4. The number of aromatic nitrogens is 5. The molecule has 1 aromatic carbocycles. The third kappa shape index (κ3) is 4.39. The first-order valence-corrected chi connectivity index (χ1v) is 10.5. The van der Waals surface area contributed by atoms with Gasteiger partial charge in [0.1, 0.15) is 0 Å². The molecule has 4 rings (SSSR count). The van der Waals surface area contributed by atoms with E-state index in [1.165, 1.54) is 26.2 Å². The Morgan fingerprint density at radius 3 is 2.53 bits per heavy atom. The molecule has 3 heterocycles. The minimum absolute atomic E-state index is 0.0240. The van der Waals surface area contributed by atoms with Crippen molar-refractivity contribution in [2.75, 3.05) is 18.9 Å². The van der Waals surface area contributed by atoms with Crippen molar-refractivity contribution in [3.05, 3.63) is 47.2 Å². The van der Waals surface area contributed by atoms with Crippen LogP contribution < -0.4 is 14.2 Å². The molecule has 0 fully saturated rings. The molecule has 0 amide bonds. The third-order valence-corrected chi connectivity index (χ3v) is 5.68. The maximum atomic E-state index is 12.9. The van der Waals surface area contributed by atoms with Crippen LogP contribution in [0, 0.1) is 0 Å². The number of aromatic amines is 1. The zero-order chi connectivity index (χ0) is 22.7. The Balaban J connectivity index is 1.64. The van der Waals surface area contributed by atoms with E-state index in [1.807, 2.05) is 12.1 Å². The van der Waals surface area contributed by atoms with Crippen LogP contribution in [0.5, 0.6) is 11.8 Å².